The summed E-state index contributed by atoms with van der Waals surface area (Å²) in [6.07, 6.45) is 12.7. The minimum Gasteiger partial charge on any atom is -0.459 e. The van der Waals surface area contributed by atoms with E-state index in [0.717, 1.165) is 12.8 Å². The molecule has 0 amide bonds. The van der Waals surface area contributed by atoms with E-state index in [9.17, 15) is 4.79 Å². The van der Waals surface area contributed by atoms with Gasteiger partial charge in [-0.25, -0.2) is 4.79 Å². The first-order valence-electron chi connectivity index (χ1n) is 8.59. The first-order valence-corrected chi connectivity index (χ1v) is 8.59. The number of hydrogen-bond donors (Lipinski definition) is 1. The molecule has 3 heteroatoms. The van der Waals surface area contributed by atoms with Crippen LogP contribution in [-0.2, 0) is 9.53 Å². The Labute approximate surface area is 130 Å². The van der Waals surface area contributed by atoms with Crippen molar-refractivity contribution < 1.29 is 14.6 Å². The second-order valence-electron chi connectivity index (χ2n) is 5.94. The molecule has 0 saturated heterocycles. The maximum atomic E-state index is 11.5. The summed E-state index contributed by atoms with van der Waals surface area (Å²) in [5.74, 6) is -0.343. The van der Waals surface area contributed by atoms with E-state index in [1.165, 1.54) is 51.4 Å². The van der Waals surface area contributed by atoms with Crippen LogP contribution in [0.3, 0.4) is 0 Å². The van der Waals surface area contributed by atoms with Gasteiger partial charge in [0.1, 0.15) is 6.10 Å². The molecular formula is C18H34O3. The summed E-state index contributed by atoms with van der Waals surface area (Å²) in [6.45, 7) is 7.53. The molecule has 0 fully saturated rings. The van der Waals surface area contributed by atoms with Crippen LogP contribution in [0.4, 0.5) is 0 Å². The van der Waals surface area contributed by atoms with Crippen LogP contribution >= 0.6 is 0 Å². The molecule has 0 heterocycles. The third-order valence-electron chi connectivity index (χ3n) is 3.70. The Bertz CT molecular complexity index is 274. The fraction of sp³-hybridized carbons (Fsp3) is 0.833. The number of ether oxygens (including phenoxy) is 1. The van der Waals surface area contributed by atoms with Crippen molar-refractivity contribution in [3.63, 3.8) is 0 Å². The van der Waals surface area contributed by atoms with Crippen LogP contribution in [0.2, 0.25) is 0 Å². The molecule has 21 heavy (non-hydrogen) atoms. The number of carbonyl (C=O) groups is 1. The molecule has 0 radical (unpaired) electrons. The number of esters is 1. The molecule has 0 aromatic heterocycles. The topological polar surface area (TPSA) is 46.5 Å². The molecule has 0 saturated carbocycles. The molecule has 1 unspecified atom stereocenters. The third kappa shape index (κ3) is 12.6. The van der Waals surface area contributed by atoms with Crippen molar-refractivity contribution in [2.24, 2.45) is 0 Å². The average molecular weight is 298 g/mol. The van der Waals surface area contributed by atoms with E-state index in [4.69, 9.17) is 9.84 Å². The van der Waals surface area contributed by atoms with Crippen LogP contribution in [0.5, 0.6) is 0 Å². The molecule has 0 aromatic rings. The van der Waals surface area contributed by atoms with Crippen LogP contribution < -0.4 is 0 Å². The highest BCUT2D eigenvalue weighted by molar-refractivity contribution is 5.87. The molecule has 0 aromatic carbocycles. The minimum atomic E-state index is -0.343. The lowest BCUT2D eigenvalue weighted by molar-refractivity contribution is -0.145. The zero-order valence-corrected chi connectivity index (χ0v) is 14.0. The van der Waals surface area contributed by atoms with Gasteiger partial charge in [-0.05, 0) is 19.8 Å². The first kappa shape index (κ1) is 20.2. The third-order valence-corrected chi connectivity index (χ3v) is 3.70. The van der Waals surface area contributed by atoms with E-state index < -0.39 is 0 Å². The van der Waals surface area contributed by atoms with Crippen molar-refractivity contribution >= 4 is 5.97 Å². The standard InChI is InChI=1S/C18H34O3/c1-4-5-6-7-8-9-10-11-12-13-17(14-15-19)21-18(20)16(2)3/h17,19H,2,4-15H2,1,3H3. The van der Waals surface area contributed by atoms with E-state index in [0.29, 0.717) is 12.0 Å². The van der Waals surface area contributed by atoms with Crippen molar-refractivity contribution in [2.75, 3.05) is 6.61 Å². The molecule has 124 valence electrons. The Hall–Kier alpha value is -0.830. The van der Waals surface area contributed by atoms with E-state index in [1.807, 2.05) is 0 Å². The molecule has 0 spiro atoms. The first-order chi connectivity index (χ1) is 10.1. The van der Waals surface area contributed by atoms with Crippen molar-refractivity contribution in [3.8, 4) is 0 Å². The summed E-state index contributed by atoms with van der Waals surface area (Å²) < 4.78 is 5.33. The van der Waals surface area contributed by atoms with Crippen molar-refractivity contribution in [3.05, 3.63) is 12.2 Å². The van der Waals surface area contributed by atoms with Gasteiger partial charge in [-0.15, -0.1) is 0 Å². The minimum absolute atomic E-state index is 0.0611. The molecule has 1 N–H and O–H groups in total. The summed E-state index contributed by atoms with van der Waals surface area (Å²) in [4.78, 5) is 11.5. The van der Waals surface area contributed by atoms with Gasteiger partial charge in [-0.3, -0.25) is 0 Å². The van der Waals surface area contributed by atoms with E-state index in [2.05, 4.69) is 13.5 Å². The number of hydrogen-bond acceptors (Lipinski definition) is 3. The van der Waals surface area contributed by atoms with E-state index in [-0.39, 0.29) is 18.7 Å². The maximum absolute atomic E-state index is 11.5. The Morgan fingerprint density at radius 3 is 2.00 bits per heavy atom. The van der Waals surface area contributed by atoms with Gasteiger partial charge in [-0.2, -0.15) is 0 Å². The fourth-order valence-electron chi connectivity index (χ4n) is 2.34. The van der Waals surface area contributed by atoms with Gasteiger partial charge in [0.15, 0.2) is 0 Å². The Kier molecular flexibility index (Phi) is 13.6. The highest BCUT2D eigenvalue weighted by Gasteiger charge is 2.14. The lowest BCUT2D eigenvalue weighted by Crippen LogP contribution is -2.20. The normalized spacial score (nSPS) is 12.1. The molecule has 0 aliphatic heterocycles. The number of unbranched alkanes of at least 4 members (excludes halogenated alkanes) is 8. The lowest BCUT2D eigenvalue weighted by Gasteiger charge is -2.16. The molecule has 1 atom stereocenters. The van der Waals surface area contributed by atoms with Gasteiger partial charge in [-0.1, -0.05) is 64.9 Å². The van der Waals surface area contributed by atoms with Gasteiger partial charge in [0.25, 0.3) is 0 Å². The highest BCUT2D eigenvalue weighted by Crippen LogP contribution is 2.14. The SMILES string of the molecule is C=C(C)C(=O)OC(CCO)CCCCCCCCCCC. The lowest BCUT2D eigenvalue weighted by atomic mass is 10.0. The number of rotatable bonds is 14. The molecular weight excluding hydrogens is 264 g/mol. The van der Waals surface area contributed by atoms with Crippen LogP contribution in [-0.4, -0.2) is 23.8 Å². The van der Waals surface area contributed by atoms with Crippen LogP contribution in [0, 0.1) is 0 Å². The molecule has 0 aliphatic rings. The van der Waals surface area contributed by atoms with Gasteiger partial charge >= 0.3 is 5.97 Å². The predicted molar refractivity (Wildman–Crippen MR) is 88.2 cm³/mol. The van der Waals surface area contributed by atoms with Crippen molar-refractivity contribution in [1.29, 1.82) is 0 Å². The van der Waals surface area contributed by atoms with Gasteiger partial charge < -0.3 is 9.84 Å². The predicted octanol–water partition coefficient (Wildman–Crippen LogP) is 4.78. The number of aliphatic hydroxyl groups is 1. The van der Waals surface area contributed by atoms with Crippen LogP contribution in [0.1, 0.15) is 84.5 Å². The summed E-state index contributed by atoms with van der Waals surface area (Å²) in [6, 6.07) is 0. The number of carbonyl (C=O) groups excluding carboxylic acids is 1. The Morgan fingerprint density at radius 2 is 1.52 bits per heavy atom. The second-order valence-corrected chi connectivity index (χ2v) is 5.94. The quantitative estimate of drug-likeness (QED) is 0.285. The fourth-order valence-corrected chi connectivity index (χ4v) is 2.34. The summed E-state index contributed by atoms with van der Waals surface area (Å²) in [5.41, 5.74) is 0.421. The number of aliphatic hydroxyl groups excluding tert-OH is 1. The zero-order valence-electron chi connectivity index (χ0n) is 14.0. The Morgan fingerprint density at radius 1 is 1.00 bits per heavy atom. The molecule has 0 rings (SSSR count). The van der Waals surface area contributed by atoms with E-state index >= 15 is 0 Å². The maximum Gasteiger partial charge on any atom is 0.333 e. The van der Waals surface area contributed by atoms with Crippen molar-refractivity contribution in [2.45, 2.75) is 90.6 Å². The smallest absolute Gasteiger partial charge is 0.333 e. The van der Waals surface area contributed by atoms with Crippen molar-refractivity contribution in [1.82, 2.24) is 0 Å². The van der Waals surface area contributed by atoms with Crippen LogP contribution in [0.25, 0.3) is 0 Å². The van der Waals surface area contributed by atoms with Gasteiger partial charge in [0.2, 0.25) is 0 Å². The summed E-state index contributed by atoms with van der Waals surface area (Å²) in [5, 5.41) is 9.02. The zero-order chi connectivity index (χ0) is 15.9. The van der Waals surface area contributed by atoms with Gasteiger partial charge in [0.05, 0.1) is 0 Å². The molecule has 0 bridgehead atoms. The monoisotopic (exact) mass is 298 g/mol. The largest absolute Gasteiger partial charge is 0.459 e. The highest BCUT2D eigenvalue weighted by atomic mass is 16.5. The molecule has 3 nitrogen and oxygen atoms in total. The molecule has 0 aliphatic carbocycles. The second kappa shape index (κ2) is 14.1. The summed E-state index contributed by atoms with van der Waals surface area (Å²) >= 11 is 0. The average Bonchev–Trinajstić information content (AvgIpc) is 2.45. The van der Waals surface area contributed by atoms with Crippen LogP contribution in [0.15, 0.2) is 12.2 Å². The van der Waals surface area contributed by atoms with Gasteiger partial charge in [0, 0.05) is 18.6 Å². The Balaban J connectivity index is 3.60. The summed E-state index contributed by atoms with van der Waals surface area (Å²) in [7, 11) is 0. The van der Waals surface area contributed by atoms with E-state index in [1.54, 1.807) is 6.92 Å².